The molecule has 2 aromatic heterocycles. The van der Waals surface area contributed by atoms with Crippen LogP contribution in [0.15, 0.2) is 97.1 Å². The van der Waals surface area contributed by atoms with Gasteiger partial charge in [0.25, 0.3) is 0 Å². The number of rotatable bonds is 24. The zero-order valence-corrected chi connectivity index (χ0v) is 39.4. The molecule has 4 aromatic carbocycles. The van der Waals surface area contributed by atoms with Crippen molar-refractivity contribution in [2.75, 3.05) is 88.5 Å². The van der Waals surface area contributed by atoms with Crippen LogP contribution >= 0.6 is 0 Å². The van der Waals surface area contributed by atoms with E-state index in [0.29, 0.717) is 59.1 Å². The molecular formula is C45H57N13O6S2+2. The van der Waals surface area contributed by atoms with Gasteiger partial charge >= 0.3 is 22.7 Å². The molecule has 0 amide bonds. The SMILES string of the molecule is C[N+](C)(C)CCCCc1nc(Nc2ccccc2)nc(Nc2ccc(/C=C/c3ccc(Nc4nc(NCCC[N+](C)(C)C)nc(Nc5ccccc5)n4)cc3OS(=O)O)c(OS(=O)O)c2)n1. The number of aromatic nitrogens is 6. The molecule has 0 spiro atoms. The van der Waals surface area contributed by atoms with Gasteiger partial charge < -0.3 is 43.9 Å². The second-order valence-corrected chi connectivity index (χ2v) is 18.3. The summed E-state index contributed by atoms with van der Waals surface area (Å²) in [6.45, 7) is 2.59. The highest BCUT2D eigenvalue weighted by atomic mass is 32.2. The van der Waals surface area contributed by atoms with E-state index in [1.54, 1.807) is 42.5 Å². The minimum absolute atomic E-state index is 0.0435. The lowest BCUT2D eigenvalue weighted by atomic mass is 10.1. The van der Waals surface area contributed by atoms with E-state index in [0.717, 1.165) is 52.7 Å². The molecule has 66 heavy (non-hydrogen) atoms. The minimum atomic E-state index is -2.68. The highest BCUT2D eigenvalue weighted by Gasteiger charge is 2.15. The minimum Gasteiger partial charge on any atom is -0.379 e. The van der Waals surface area contributed by atoms with Gasteiger partial charge in [0.05, 0.1) is 55.4 Å². The van der Waals surface area contributed by atoms with Gasteiger partial charge in [-0.05, 0) is 61.4 Å². The van der Waals surface area contributed by atoms with Crippen molar-refractivity contribution < 1.29 is 34.9 Å². The summed E-state index contributed by atoms with van der Waals surface area (Å²) in [4.78, 5) is 27.7. The Morgan fingerprint density at radius 3 is 1.36 bits per heavy atom. The molecule has 2 heterocycles. The molecule has 0 aliphatic rings. The summed E-state index contributed by atoms with van der Waals surface area (Å²) >= 11 is -5.35. The summed E-state index contributed by atoms with van der Waals surface area (Å²) in [5, 5.41) is 16.1. The summed E-state index contributed by atoms with van der Waals surface area (Å²) in [6, 6.07) is 28.9. The first-order valence-corrected chi connectivity index (χ1v) is 23.2. The number of hydrogen-bond donors (Lipinski definition) is 7. The van der Waals surface area contributed by atoms with E-state index in [-0.39, 0.29) is 23.4 Å². The summed E-state index contributed by atoms with van der Waals surface area (Å²) in [5.41, 5.74) is 3.32. The molecule has 0 aliphatic heterocycles. The molecule has 0 radical (unpaired) electrons. The van der Waals surface area contributed by atoms with E-state index in [1.807, 2.05) is 60.7 Å². The maximum absolute atomic E-state index is 12.0. The van der Waals surface area contributed by atoms with Crippen molar-refractivity contribution in [3.63, 3.8) is 0 Å². The number of aryl methyl sites for hydroxylation is 1. The molecule has 19 nitrogen and oxygen atoms in total. The van der Waals surface area contributed by atoms with Gasteiger partial charge in [-0.2, -0.15) is 38.3 Å². The van der Waals surface area contributed by atoms with Crippen LogP contribution in [0.25, 0.3) is 12.2 Å². The first kappa shape index (κ1) is 48.8. The predicted molar refractivity (Wildman–Crippen MR) is 262 cm³/mol. The fourth-order valence-corrected chi connectivity index (χ4v) is 6.97. The molecule has 0 aliphatic carbocycles. The van der Waals surface area contributed by atoms with Gasteiger partial charge in [-0.1, -0.05) is 48.6 Å². The molecule has 0 fully saturated rings. The predicted octanol–water partition coefficient (Wildman–Crippen LogP) is 7.77. The maximum Gasteiger partial charge on any atom is 0.357 e. The average molecular weight is 940 g/mol. The smallest absolute Gasteiger partial charge is 0.357 e. The second-order valence-electron chi connectivity index (χ2n) is 17.1. The monoisotopic (exact) mass is 939 g/mol. The van der Waals surface area contributed by atoms with E-state index >= 15 is 0 Å². The van der Waals surface area contributed by atoms with Crippen LogP contribution in [0, 0.1) is 0 Å². The van der Waals surface area contributed by atoms with Crippen molar-refractivity contribution in [1.29, 1.82) is 0 Å². The van der Waals surface area contributed by atoms with Crippen molar-refractivity contribution >= 4 is 87.4 Å². The quantitative estimate of drug-likeness (QED) is 0.0133. The molecule has 2 atom stereocenters. The van der Waals surface area contributed by atoms with Gasteiger partial charge in [0.1, 0.15) is 5.82 Å². The molecule has 7 N–H and O–H groups in total. The number of nitrogens with one attached hydrogen (secondary N) is 5. The summed E-state index contributed by atoms with van der Waals surface area (Å²) in [5.74, 6) is 2.18. The molecule has 0 saturated carbocycles. The zero-order valence-electron chi connectivity index (χ0n) is 37.8. The largest absolute Gasteiger partial charge is 0.379 e. The molecule has 6 rings (SSSR count). The van der Waals surface area contributed by atoms with Crippen LogP contribution < -0.4 is 35.0 Å². The van der Waals surface area contributed by atoms with E-state index < -0.39 is 22.7 Å². The van der Waals surface area contributed by atoms with Crippen molar-refractivity contribution in [1.82, 2.24) is 29.9 Å². The van der Waals surface area contributed by atoms with E-state index in [9.17, 15) is 17.5 Å². The Morgan fingerprint density at radius 2 is 0.924 bits per heavy atom. The van der Waals surface area contributed by atoms with Gasteiger partial charge in [0, 0.05) is 65.4 Å². The van der Waals surface area contributed by atoms with Gasteiger partial charge in [-0.3, -0.25) is 9.11 Å². The number of anilines is 9. The second kappa shape index (κ2) is 23.0. The third-order valence-electron chi connectivity index (χ3n) is 9.45. The lowest BCUT2D eigenvalue weighted by Gasteiger charge is -2.23. The fraction of sp³-hybridized carbons (Fsp3) is 0.289. The fourth-order valence-electron chi connectivity index (χ4n) is 6.37. The first-order chi connectivity index (χ1) is 31.5. The van der Waals surface area contributed by atoms with Crippen LogP contribution in [0.1, 0.15) is 36.2 Å². The maximum atomic E-state index is 12.0. The Morgan fingerprint density at radius 1 is 0.515 bits per heavy atom. The van der Waals surface area contributed by atoms with Crippen LogP contribution in [-0.4, -0.2) is 118 Å². The highest BCUT2D eigenvalue weighted by molar-refractivity contribution is 7.74. The standard InChI is InChI=1S/C45H55N13O6S2/c1-57(2,3)28-14-13-20-40-51-42(47-34-16-9-7-10-17-34)55-43(52-40)49-36-25-23-32(38(30-36)63-65(59)60)21-22-33-24-26-37(31-39(33)64-66(61)62)50-45-54-41(46-27-15-29-58(4,5)6)53-44(56-45)48-35-18-11-8-12-19-35/h7-12,16-19,21-26,30-31H,13-15,20,27-29H2,1-6H3,(H5-2,46,47,48,49,50,51,52,53,54,55,56,59,60,61,62)/p+2/b22-21+. The number of hydrogen-bond acceptors (Lipinski definition) is 15. The van der Waals surface area contributed by atoms with Crippen molar-refractivity contribution in [2.45, 2.75) is 25.7 Å². The van der Waals surface area contributed by atoms with Gasteiger partial charge in [-0.25, -0.2) is 0 Å². The summed E-state index contributed by atoms with van der Waals surface area (Å²) in [6.07, 6.45) is 6.62. The van der Waals surface area contributed by atoms with Crippen molar-refractivity contribution in [3.8, 4) is 11.5 Å². The summed E-state index contributed by atoms with van der Waals surface area (Å²) in [7, 11) is 12.9. The molecular weight excluding hydrogens is 883 g/mol. The van der Waals surface area contributed by atoms with Crippen LogP contribution in [0.2, 0.25) is 0 Å². The van der Waals surface area contributed by atoms with Crippen LogP contribution in [0.4, 0.5) is 52.5 Å². The van der Waals surface area contributed by atoms with E-state index in [2.05, 4.69) is 98.8 Å². The Bertz CT molecular complexity index is 2440. The lowest BCUT2D eigenvalue weighted by Crippen LogP contribution is -2.36. The van der Waals surface area contributed by atoms with E-state index in [1.165, 1.54) is 6.07 Å². The number of para-hydroxylation sites is 2. The molecule has 348 valence electrons. The van der Waals surface area contributed by atoms with Crippen molar-refractivity contribution in [3.05, 3.63) is 114 Å². The Balaban J connectivity index is 1.23. The van der Waals surface area contributed by atoms with Gasteiger partial charge in [0.15, 0.2) is 11.5 Å². The third-order valence-corrected chi connectivity index (χ3v) is 10.1. The van der Waals surface area contributed by atoms with Crippen LogP contribution in [0.5, 0.6) is 11.5 Å². The molecule has 0 saturated heterocycles. The van der Waals surface area contributed by atoms with Crippen LogP contribution in [-0.2, 0) is 29.1 Å². The highest BCUT2D eigenvalue weighted by Crippen LogP contribution is 2.31. The third kappa shape index (κ3) is 16.7. The normalized spacial score (nSPS) is 12.6. The average Bonchev–Trinajstić information content (AvgIpc) is 3.24. The number of nitrogens with zero attached hydrogens (tertiary/aromatic N) is 8. The number of unbranched alkanes of at least 4 members (excludes halogenated alkanes) is 1. The van der Waals surface area contributed by atoms with Crippen molar-refractivity contribution in [2.24, 2.45) is 0 Å². The zero-order chi connectivity index (χ0) is 47.1. The summed E-state index contributed by atoms with van der Waals surface area (Å²) < 4.78 is 55.9. The number of quaternary nitrogens is 2. The molecule has 2 unspecified atom stereocenters. The molecule has 6 aromatic rings. The topological polar surface area (TPSA) is 231 Å². The van der Waals surface area contributed by atoms with Gasteiger partial charge in [-0.15, -0.1) is 0 Å². The molecule has 21 heteroatoms. The van der Waals surface area contributed by atoms with Gasteiger partial charge in [0.2, 0.25) is 29.7 Å². The Kier molecular flexibility index (Phi) is 17.0. The first-order valence-electron chi connectivity index (χ1n) is 21.1. The molecule has 0 bridgehead atoms. The Labute approximate surface area is 390 Å². The van der Waals surface area contributed by atoms with Crippen LogP contribution in [0.3, 0.4) is 0 Å². The van der Waals surface area contributed by atoms with E-state index in [4.69, 9.17) is 8.37 Å². The number of benzene rings is 4. The Hall–Kier alpha value is -6.62. The lowest BCUT2D eigenvalue weighted by molar-refractivity contribution is -0.870.